The zero-order chi connectivity index (χ0) is 36.3. The van der Waals surface area contributed by atoms with E-state index in [1.165, 1.54) is 11.3 Å². The SMILES string of the molecule is CCCC1CC(=O)N(CCl)C1.CCCC1CC(=O)N(Cn2c(Cl)cc3ccccc32)C1.ClC1Cc2ccccc2N1.O=C1Cc2ccccc2N1. The molecule has 0 bridgehead atoms. The van der Waals surface area contributed by atoms with Gasteiger partial charge < -0.3 is 25.0 Å². The van der Waals surface area contributed by atoms with E-state index in [4.69, 9.17) is 34.8 Å². The second-order valence-corrected chi connectivity index (χ2v) is 14.7. The lowest BCUT2D eigenvalue weighted by atomic mass is 10.0. The lowest BCUT2D eigenvalue weighted by Gasteiger charge is -2.19. The van der Waals surface area contributed by atoms with Crippen molar-refractivity contribution in [1.29, 1.82) is 0 Å². The molecule has 0 aliphatic carbocycles. The molecule has 11 heteroatoms. The number of amides is 3. The molecule has 1 aromatic heterocycles. The fourth-order valence-electron chi connectivity index (χ4n) is 7.07. The highest BCUT2D eigenvalue weighted by Crippen LogP contribution is 2.28. The number of benzene rings is 3. The summed E-state index contributed by atoms with van der Waals surface area (Å²) < 4.78 is 2.02. The molecule has 3 unspecified atom stereocenters. The van der Waals surface area contributed by atoms with Crippen molar-refractivity contribution in [2.45, 2.75) is 77.4 Å². The monoisotopic (exact) mass is 751 g/mol. The van der Waals surface area contributed by atoms with Crippen molar-refractivity contribution in [3.05, 3.63) is 95.1 Å². The maximum absolute atomic E-state index is 12.1. The predicted octanol–water partition coefficient (Wildman–Crippen LogP) is 9.13. The first-order valence-corrected chi connectivity index (χ1v) is 19.2. The molecule has 2 fully saturated rings. The molecule has 2 saturated heterocycles. The van der Waals surface area contributed by atoms with Crippen LogP contribution in [0.5, 0.6) is 0 Å². The van der Waals surface area contributed by atoms with Gasteiger partial charge in [-0.2, -0.15) is 0 Å². The van der Waals surface area contributed by atoms with Gasteiger partial charge in [0.25, 0.3) is 0 Å². The van der Waals surface area contributed by atoms with E-state index in [9.17, 15) is 14.4 Å². The Morgan fingerprint density at radius 1 is 0.745 bits per heavy atom. The maximum Gasteiger partial charge on any atom is 0.228 e. The lowest BCUT2D eigenvalue weighted by molar-refractivity contribution is -0.129. The molecule has 0 saturated carbocycles. The van der Waals surface area contributed by atoms with E-state index in [0.29, 0.717) is 48.9 Å². The number of hydrogen-bond acceptors (Lipinski definition) is 4. The molecule has 4 aromatic rings. The molecule has 5 heterocycles. The van der Waals surface area contributed by atoms with E-state index in [0.717, 1.165) is 67.3 Å². The van der Waals surface area contributed by atoms with E-state index in [2.05, 4.69) is 36.6 Å². The second kappa shape index (κ2) is 18.7. The van der Waals surface area contributed by atoms with Gasteiger partial charge in [0.2, 0.25) is 17.7 Å². The quantitative estimate of drug-likeness (QED) is 0.146. The number of fused-ring (bicyclic) bond motifs is 3. The Balaban J connectivity index is 0.000000139. The predicted molar refractivity (Wildman–Crippen MR) is 209 cm³/mol. The number of aromatic nitrogens is 1. The first kappa shape index (κ1) is 38.5. The molecule has 8 rings (SSSR count). The van der Waals surface area contributed by atoms with Crippen molar-refractivity contribution in [3.8, 4) is 0 Å². The van der Waals surface area contributed by atoms with Crippen LogP contribution < -0.4 is 10.6 Å². The molecule has 3 amide bonds. The minimum atomic E-state index is 0.0948. The van der Waals surface area contributed by atoms with Crippen LogP contribution in [-0.4, -0.2) is 56.7 Å². The van der Waals surface area contributed by atoms with Gasteiger partial charge in [-0.3, -0.25) is 14.4 Å². The van der Waals surface area contributed by atoms with Gasteiger partial charge in [-0.05, 0) is 60.1 Å². The molecule has 0 radical (unpaired) electrons. The fourth-order valence-corrected chi connectivity index (χ4v) is 7.85. The highest BCUT2D eigenvalue weighted by Gasteiger charge is 2.30. The topological polar surface area (TPSA) is 86.7 Å². The molecule has 2 N–H and O–H groups in total. The summed E-state index contributed by atoms with van der Waals surface area (Å²) in [5.74, 6) is 1.64. The third-order valence-corrected chi connectivity index (χ3v) is 10.4. The van der Waals surface area contributed by atoms with Gasteiger partial charge in [0.15, 0.2) is 0 Å². The van der Waals surface area contributed by atoms with Crippen LogP contribution in [0.1, 0.15) is 63.5 Å². The van der Waals surface area contributed by atoms with Crippen LogP contribution in [0.4, 0.5) is 11.4 Å². The van der Waals surface area contributed by atoms with Crippen LogP contribution in [0.25, 0.3) is 10.9 Å². The molecule has 4 aliphatic rings. The Morgan fingerprint density at radius 3 is 1.96 bits per heavy atom. The number of nitrogens with zero attached hydrogens (tertiary/aromatic N) is 3. The van der Waals surface area contributed by atoms with Crippen molar-refractivity contribution in [1.82, 2.24) is 14.4 Å². The molecular formula is C40H48Cl3N5O3. The average molecular weight is 753 g/mol. The van der Waals surface area contributed by atoms with Gasteiger partial charge in [0.05, 0.1) is 24.6 Å². The van der Waals surface area contributed by atoms with E-state index >= 15 is 0 Å². The second-order valence-electron chi connectivity index (χ2n) is 13.5. The van der Waals surface area contributed by atoms with E-state index in [1.54, 1.807) is 4.90 Å². The van der Waals surface area contributed by atoms with Gasteiger partial charge in [-0.1, -0.05) is 104 Å². The summed E-state index contributed by atoms with van der Waals surface area (Å²) in [4.78, 5) is 37.7. The Morgan fingerprint density at radius 2 is 1.33 bits per heavy atom. The summed E-state index contributed by atoms with van der Waals surface area (Å²) in [6.07, 6.45) is 7.45. The molecule has 3 aromatic carbocycles. The summed E-state index contributed by atoms with van der Waals surface area (Å²) >= 11 is 17.8. The summed E-state index contributed by atoms with van der Waals surface area (Å²) in [7, 11) is 0. The Hall–Kier alpha value is -3.72. The normalized spacial score (nSPS) is 20.0. The summed E-state index contributed by atoms with van der Waals surface area (Å²) in [5, 5.41) is 7.73. The number of carbonyl (C=O) groups excluding carboxylic acids is 3. The third kappa shape index (κ3) is 10.4. The molecule has 51 heavy (non-hydrogen) atoms. The van der Waals surface area contributed by atoms with E-state index in [-0.39, 0.29) is 23.2 Å². The minimum Gasteiger partial charge on any atom is -0.369 e. The van der Waals surface area contributed by atoms with Gasteiger partial charge >= 0.3 is 0 Å². The fraction of sp³-hybridized carbons (Fsp3) is 0.425. The molecular weight excluding hydrogens is 705 g/mol. The molecule has 3 atom stereocenters. The van der Waals surface area contributed by atoms with Crippen LogP contribution in [0.3, 0.4) is 0 Å². The first-order valence-electron chi connectivity index (χ1n) is 17.9. The van der Waals surface area contributed by atoms with E-state index in [1.807, 2.05) is 76.2 Å². The zero-order valence-electron chi connectivity index (χ0n) is 29.4. The van der Waals surface area contributed by atoms with Gasteiger partial charge in [-0.15, -0.1) is 11.6 Å². The van der Waals surface area contributed by atoms with Crippen molar-refractivity contribution in [2.24, 2.45) is 11.8 Å². The maximum atomic E-state index is 12.1. The van der Waals surface area contributed by atoms with Gasteiger partial charge in [0.1, 0.15) is 10.7 Å². The number of hydrogen-bond donors (Lipinski definition) is 2. The molecule has 272 valence electrons. The molecule has 4 aliphatic heterocycles. The van der Waals surface area contributed by atoms with Gasteiger partial charge in [-0.25, -0.2) is 0 Å². The first-order chi connectivity index (χ1) is 24.7. The van der Waals surface area contributed by atoms with Crippen molar-refractivity contribution >= 4 is 74.8 Å². The number of rotatable bonds is 7. The Labute approximate surface area is 316 Å². The van der Waals surface area contributed by atoms with Crippen LogP contribution in [-0.2, 0) is 33.9 Å². The number of likely N-dealkylation sites (tertiary alicyclic amines) is 2. The van der Waals surface area contributed by atoms with E-state index < -0.39 is 0 Å². The summed E-state index contributed by atoms with van der Waals surface area (Å²) in [6.45, 7) is 6.61. The van der Waals surface area contributed by atoms with Crippen molar-refractivity contribution in [2.75, 3.05) is 29.7 Å². The number of alkyl halides is 2. The largest absolute Gasteiger partial charge is 0.369 e. The van der Waals surface area contributed by atoms with Crippen molar-refractivity contribution < 1.29 is 14.4 Å². The number of para-hydroxylation sites is 3. The summed E-state index contributed by atoms with van der Waals surface area (Å²) in [5.41, 5.74) is 5.76. The number of anilines is 2. The Kier molecular flexibility index (Phi) is 14.1. The van der Waals surface area contributed by atoms with Crippen LogP contribution in [0, 0.1) is 11.8 Å². The van der Waals surface area contributed by atoms with Crippen LogP contribution in [0.2, 0.25) is 5.15 Å². The smallest absolute Gasteiger partial charge is 0.228 e. The van der Waals surface area contributed by atoms with Crippen LogP contribution >= 0.6 is 34.8 Å². The molecule has 0 spiro atoms. The lowest BCUT2D eigenvalue weighted by Crippen LogP contribution is -2.27. The molecule has 8 nitrogen and oxygen atoms in total. The number of nitrogens with one attached hydrogen (secondary N) is 2. The standard InChI is InChI=1S/C16H19ClN2O.C8H14ClNO.C8H8ClN.C8H7NO/c1-2-5-12-8-16(20)18(10-12)11-19-14-7-4-3-6-13(14)9-15(19)17;1-2-3-7-4-8(11)10(5-7)6-9;9-8-5-6-3-1-2-4-7(6)10-8;10-8-5-6-3-1-2-4-7(6)9-8/h3-4,6-7,9,12H,2,5,8,10-11H2,1H3;7H,2-6H2,1H3;1-4,8,10H,5H2;1-4H,5H2,(H,9,10). The summed E-state index contributed by atoms with van der Waals surface area (Å²) in [6, 6.07) is 26.4. The number of carbonyl (C=O) groups is 3. The van der Waals surface area contributed by atoms with Crippen molar-refractivity contribution in [3.63, 3.8) is 0 Å². The minimum absolute atomic E-state index is 0.0948. The number of halogens is 3. The third-order valence-electron chi connectivity index (χ3n) is 9.57. The highest BCUT2D eigenvalue weighted by atomic mass is 35.5. The zero-order valence-corrected chi connectivity index (χ0v) is 31.7. The van der Waals surface area contributed by atoms with Crippen LogP contribution in [0.15, 0.2) is 78.9 Å². The van der Waals surface area contributed by atoms with Gasteiger partial charge in [0, 0.05) is 49.1 Å². The Bertz CT molecular complexity index is 1740. The highest BCUT2D eigenvalue weighted by molar-refractivity contribution is 6.31. The average Bonchev–Trinajstić information content (AvgIpc) is 3.93.